The standard InChI is InChI=1S/C44H54N14O9/c1-7-57-31(19-25(4)53-57)40(62)51-42-49-29-21-27(38(45)60)23-33(65-6)36(29)55(42)16-10-11-17-56-37-30(50-43(56)52-41(63)32-20-26(5)54-58(32)8-2)22-28(39(46)61)24-34(37)67-18-12-14-47-35(59)13-15-48-44(64)66-9-3/h10-11,19-24H,7-9,12-18H2,1-6H3,(H2,45,60)(H2,46,61)(H,47,59)(H,48,64)(H,49,51,62)(H,50,52,63)/b11-10+. The van der Waals surface area contributed by atoms with Gasteiger partial charge in [-0.15, -0.1) is 0 Å². The third-order valence-corrected chi connectivity index (χ3v) is 10.3. The second kappa shape index (κ2) is 21.6. The fourth-order valence-corrected chi connectivity index (χ4v) is 7.22. The molecular formula is C44H54N14O9. The number of ether oxygens (including phenoxy) is 3. The Labute approximate surface area is 384 Å². The second-order valence-electron chi connectivity index (χ2n) is 15.0. The van der Waals surface area contributed by atoms with Crippen molar-refractivity contribution in [2.45, 2.75) is 73.6 Å². The molecule has 6 rings (SSSR count). The van der Waals surface area contributed by atoms with Crippen molar-refractivity contribution in [3.8, 4) is 11.5 Å². The summed E-state index contributed by atoms with van der Waals surface area (Å²) in [6, 6.07) is 9.31. The number of imidazole rings is 2. The van der Waals surface area contributed by atoms with E-state index >= 15 is 0 Å². The summed E-state index contributed by atoms with van der Waals surface area (Å²) >= 11 is 0. The lowest BCUT2D eigenvalue weighted by atomic mass is 10.1. The molecule has 2 aromatic carbocycles. The number of carbonyl (C=O) groups excluding carboxylic acids is 6. The highest BCUT2D eigenvalue weighted by Crippen LogP contribution is 2.33. The fourth-order valence-electron chi connectivity index (χ4n) is 7.22. The molecular weight excluding hydrogens is 869 g/mol. The van der Waals surface area contributed by atoms with Gasteiger partial charge in [-0.2, -0.15) is 10.2 Å². The molecule has 4 heterocycles. The number of fused-ring (bicyclic) bond motifs is 2. The number of primary amides is 2. The molecule has 0 spiro atoms. The number of nitrogens with one attached hydrogen (secondary N) is 4. The van der Waals surface area contributed by atoms with Gasteiger partial charge in [0.1, 0.15) is 33.9 Å². The van der Waals surface area contributed by atoms with Gasteiger partial charge in [-0.1, -0.05) is 12.2 Å². The van der Waals surface area contributed by atoms with Gasteiger partial charge in [0.15, 0.2) is 0 Å². The van der Waals surface area contributed by atoms with Crippen molar-refractivity contribution in [1.82, 2.24) is 49.3 Å². The lowest BCUT2D eigenvalue weighted by Crippen LogP contribution is -2.31. The van der Waals surface area contributed by atoms with E-state index in [0.717, 1.165) is 0 Å². The topological polar surface area (TPSA) is 302 Å². The van der Waals surface area contributed by atoms with Gasteiger partial charge in [0.2, 0.25) is 29.6 Å². The molecule has 67 heavy (non-hydrogen) atoms. The van der Waals surface area contributed by atoms with Crippen LogP contribution in [0, 0.1) is 13.8 Å². The van der Waals surface area contributed by atoms with Crippen LogP contribution in [0.1, 0.15) is 86.7 Å². The zero-order valence-corrected chi connectivity index (χ0v) is 38.1. The van der Waals surface area contributed by atoms with E-state index in [0.29, 0.717) is 64.4 Å². The average Bonchev–Trinajstić information content (AvgIpc) is 4.06. The molecule has 0 atom stereocenters. The Morgan fingerprint density at radius 2 is 1.19 bits per heavy atom. The first kappa shape index (κ1) is 48.2. The van der Waals surface area contributed by atoms with E-state index in [9.17, 15) is 28.8 Å². The minimum absolute atomic E-state index is 0.0443. The molecule has 0 bridgehead atoms. The van der Waals surface area contributed by atoms with Crippen LogP contribution in [0.5, 0.6) is 11.5 Å². The van der Waals surface area contributed by atoms with Crippen molar-refractivity contribution in [3.63, 3.8) is 0 Å². The van der Waals surface area contributed by atoms with Gasteiger partial charge in [0.05, 0.1) is 42.7 Å². The van der Waals surface area contributed by atoms with Crippen LogP contribution in [0.4, 0.5) is 16.7 Å². The van der Waals surface area contributed by atoms with Crippen LogP contribution in [0.2, 0.25) is 0 Å². The number of alkyl carbamates (subject to hydrolysis) is 1. The number of anilines is 2. The summed E-state index contributed by atoms with van der Waals surface area (Å²) < 4.78 is 23.3. The maximum atomic E-state index is 13.8. The highest BCUT2D eigenvalue weighted by molar-refractivity contribution is 6.05. The van der Waals surface area contributed by atoms with Gasteiger partial charge in [-0.25, -0.2) is 14.8 Å². The number of hydrogen-bond acceptors (Lipinski definition) is 13. The Hall–Kier alpha value is -8.24. The predicted octanol–water partition coefficient (Wildman–Crippen LogP) is 3.42. The lowest BCUT2D eigenvalue weighted by Gasteiger charge is -2.13. The molecule has 0 saturated heterocycles. The van der Waals surface area contributed by atoms with Crippen LogP contribution in [0.3, 0.4) is 0 Å². The van der Waals surface area contributed by atoms with Crippen molar-refractivity contribution in [1.29, 1.82) is 0 Å². The van der Waals surface area contributed by atoms with Crippen LogP contribution in [0.15, 0.2) is 48.6 Å². The lowest BCUT2D eigenvalue weighted by molar-refractivity contribution is -0.121. The number of benzene rings is 2. The fraction of sp³-hybridized carbons (Fsp3) is 0.364. The SMILES string of the molecule is CCOC(=O)NCCC(=O)NCCCOc1cc(C(N)=O)cc2nc(NC(=O)c3cc(C)nn3CC)n(C/C=C/Cn3c(NC(=O)c4cc(C)nn4CC)nc4cc(C(N)=O)cc(OC)c43)c12. The van der Waals surface area contributed by atoms with Gasteiger partial charge < -0.3 is 45.4 Å². The van der Waals surface area contributed by atoms with E-state index in [2.05, 4.69) is 36.4 Å². The number of allylic oxidation sites excluding steroid dienone is 2. The van der Waals surface area contributed by atoms with Crippen molar-refractivity contribution in [2.75, 3.05) is 44.0 Å². The number of carbonyl (C=O) groups is 6. The van der Waals surface area contributed by atoms with E-state index in [4.69, 9.17) is 30.7 Å². The van der Waals surface area contributed by atoms with Gasteiger partial charge in [0.25, 0.3) is 11.8 Å². The molecule has 0 aliphatic rings. The van der Waals surface area contributed by atoms with Crippen LogP contribution in [0.25, 0.3) is 22.1 Å². The first-order valence-electron chi connectivity index (χ1n) is 21.5. The summed E-state index contributed by atoms with van der Waals surface area (Å²) in [7, 11) is 1.44. The number of hydrogen-bond donors (Lipinski definition) is 6. The molecule has 0 unspecified atom stereocenters. The molecule has 6 amide bonds. The molecule has 354 valence electrons. The van der Waals surface area contributed by atoms with Crippen molar-refractivity contribution in [3.05, 3.63) is 82.5 Å². The number of nitrogens with two attached hydrogens (primary N) is 2. The summed E-state index contributed by atoms with van der Waals surface area (Å²) in [5.74, 6) is -1.88. The molecule has 0 fully saturated rings. The van der Waals surface area contributed by atoms with Crippen molar-refractivity contribution >= 4 is 69.6 Å². The maximum Gasteiger partial charge on any atom is 0.407 e. The number of nitrogens with zero attached hydrogens (tertiary/aromatic N) is 8. The number of aromatic nitrogens is 8. The molecule has 6 aromatic rings. The van der Waals surface area contributed by atoms with Crippen LogP contribution < -0.4 is 42.2 Å². The number of methoxy groups -OCH3 is 1. The van der Waals surface area contributed by atoms with Gasteiger partial charge in [0, 0.05) is 56.8 Å². The van der Waals surface area contributed by atoms with Gasteiger partial charge in [-0.05, 0) is 77.4 Å². The maximum absolute atomic E-state index is 13.8. The molecule has 0 aliphatic heterocycles. The summed E-state index contributed by atoms with van der Waals surface area (Å²) in [5, 5.41) is 19.9. The first-order valence-corrected chi connectivity index (χ1v) is 21.5. The smallest absolute Gasteiger partial charge is 0.407 e. The van der Waals surface area contributed by atoms with Crippen molar-refractivity contribution < 1.29 is 43.0 Å². The monoisotopic (exact) mass is 922 g/mol. The Balaban J connectivity index is 1.32. The Morgan fingerprint density at radius 1 is 0.687 bits per heavy atom. The molecule has 0 aliphatic carbocycles. The predicted molar refractivity (Wildman–Crippen MR) is 246 cm³/mol. The minimum atomic E-state index is -0.735. The minimum Gasteiger partial charge on any atom is -0.494 e. The first-order chi connectivity index (χ1) is 32.1. The largest absolute Gasteiger partial charge is 0.494 e. The molecule has 0 saturated carbocycles. The summed E-state index contributed by atoms with van der Waals surface area (Å²) in [5.41, 5.74) is 15.1. The van der Waals surface area contributed by atoms with E-state index in [1.165, 1.54) is 31.4 Å². The van der Waals surface area contributed by atoms with Crippen molar-refractivity contribution in [2.24, 2.45) is 11.5 Å². The Kier molecular flexibility index (Phi) is 15.6. The van der Waals surface area contributed by atoms with E-state index in [-0.39, 0.29) is 86.2 Å². The molecule has 23 heteroatoms. The molecule has 8 N–H and O–H groups in total. The van der Waals surface area contributed by atoms with Crippen LogP contribution >= 0.6 is 0 Å². The van der Waals surface area contributed by atoms with E-state index < -0.39 is 29.7 Å². The summed E-state index contributed by atoms with van der Waals surface area (Å²) in [4.78, 5) is 85.6. The Morgan fingerprint density at radius 3 is 1.67 bits per heavy atom. The third-order valence-electron chi connectivity index (χ3n) is 10.3. The third kappa shape index (κ3) is 11.4. The average molecular weight is 923 g/mol. The zero-order valence-electron chi connectivity index (χ0n) is 38.1. The van der Waals surface area contributed by atoms with E-state index in [1.54, 1.807) is 63.6 Å². The van der Waals surface area contributed by atoms with Crippen LogP contribution in [-0.2, 0) is 35.7 Å². The highest BCUT2D eigenvalue weighted by atomic mass is 16.5. The molecule has 23 nitrogen and oxygen atoms in total. The number of rotatable bonds is 22. The van der Waals surface area contributed by atoms with Crippen LogP contribution in [-0.4, -0.2) is 108 Å². The van der Waals surface area contributed by atoms with Gasteiger partial charge >= 0.3 is 6.09 Å². The summed E-state index contributed by atoms with van der Waals surface area (Å²) in [6.45, 7) is 10.7. The van der Waals surface area contributed by atoms with E-state index in [1.807, 2.05) is 13.8 Å². The Bertz CT molecular complexity index is 2870. The van der Waals surface area contributed by atoms with Gasteiger partial charge in [-0.3, -0.25) is 44.0 Å². The highest BCUT2D eigenvalue weighted by Gasteiger charge is 2.24. The quantitative estimate of drug-likeness (QED) is 0.0421. The number of aryl methyl sites for hydroxylation is 4. The normalized spacial score (nSPS) is 11.3. The zero-order chi connectivity index (χ0) is 48.4. The molecule has 4 aromatic heterocycles. The summed E-state index contributed by atoms with van der Waals surface area (Å²) in [6.07, 6.45) is 3.40. The second-order valence-corrected chi connectivity index (χ2v) is 15.0. The number of amides is 6. The molecule has 0 radical (unpaired) electrons.